The molecule has 0 fully saturated rings. The fraction of sp³-hybridized carbons (Fsp3) is 0.939. The van der Waals surface area contributed by atoms with Crippen LogP contribution in [0.25, 0.3) is 0 Å². The summed E-state index contributed by atoms with van der Waals surface area (Å²) < 4.78 is 33.5. The SMILES string of the molecule is CCCCCCCCC/C=C\CCCCCCCC(=O)OC(COCCCCCCCCCCCCCCCCCCCCCCCC)COP(=O)(O)OCC(O)CO. The predicted octanol–water partition coefficient (Wildman–Crippen LogP) is 14.4. The molecule has 352 valence electrons. The van der Waals surface area contributed by atoms with Crippen molar-refractivity contribution < 1.29 is 43.0 Å². The molecule has 10 heteroatoms. The largest absolute Gasteiger partial charge is 0.472 e. The van der Waals surface area contributed by atoms with E-state index >= 15 is 0 Å². The van der Waals surface area contributed by atoms with Crippen LogP contribution in [0, 0.1) is 0 Å². The lowest BCUT2D eigenvalue weighted by Crippen LogP contribution is -2.29. The molecule has 3 atom stereocenters. The highest BCUT2D eigenvalue weighted by Gasteiger charge is 2.26. The predicted molar refractivity (Wildman–Crippen MR) is 247 cm³/mol. The van der Waals surface area contributed by atoms with E-state index in [9.17, 15) is 19.4 Å². The van der Waals surface area contributed by atoms with Gasteiger partial charge in [0.15, 0.2) is 0 Å². The average molecular weight is 861 g/mol. The van der Waals surface area contributed by atoms with E-state index in [0.717, 1.165) is 51.4 Å². The maximum atomic E-state index is 12.6. The second-order valence-electron chi connectivity index (χ2n) is 17.2. The average Bonchev–Trinajstić information content (AvgIpc) is 3.23. The number of esters is 1. The summed E-state index contributed by atoms with van der Waals surface area (Å²) in [6.45, 7) is 3.57. The molecule has 0 aromatic heterocycles. The van der Waals surface area contributed by atoms with Gasteiger partial charge < -0.3 is 24.6 Å². The quantitative estimate of drug-likeness (QED) is 0.0237. The zero-order chi connectivity index (χ0) is 43.2. The van der Waals surface area contributed by atoms with Crippen molar-refractivity contribution >= 4 is 13.8 Å². The lowest BCUT2D eigenvalue weighted by Gasteiger charge is -2.20. The number of aliphatic hydroxyl groups excluding tert-OH is 2. The molecular formula is C49H97O9P. The van der Waals surface area contributed by atoms with Gasteiger partial charge in [0.1, 0.15) is 12.2 Å². The summed E-state index contributed by atoms with van der Waals surface area (Å²) in [7, 11) is -4.52. The third-order valence-electron chi connectivity index (χ3n) is 11.2. The zero-order valence-electron chi connectivity index (χ0n) is 38.7. The number of aliphatic hydroxyl groups is 2. The van der Waals surface area contributed by atoms with Gasteiger partial charge in [-0.15, -0.1) is 0 Å². The maximum absolute atomic E-state index is 12.6. The van der Waals surface area contributed by atoms with Crippen LogP contribution in [0.5, 0.6) is 0 Å². The van der Waals surface area contributed by atoms with E-state index < -0.39 is 33.2 Å². The second-order valence-corrected chi connectivity index (χ2v) is 18.6. The van der Waals surface area contributed by atoms with Gasteiger partial charge in [-0.05, 0) is 38.5 Å². The molecule has 0 bridgehead atoms. The molecule has 0 heterocycles. The van der Waals surface area contributed by atoms with Crippen LogP contribution in [0.1, 0.15) is 251 Å². The Kier molecular flexibility index (Phi) is 46.1. The topological polar surface area (TPSA) is 132 Å². The minimum atomic E-state index is -4.52. The van der Waals surface area contributed by atoms with Crippen molar-refractivity contribution in [1.82, 2.24) is 0 Å². The summed E-state index contributed by atoms with van der Waals surface area (Å²) in [6, 6.07) is 0. The minimum Gasteiger partial charge on any atom is -0.457 e. The van der Waals surface area contributed by atoms with Crippen LogP contribution in [0.2, 0.25) is 0 Å². The van der Waals surface area contributed by atoms with Gasteiger partial charge in [0.2, 0.25) is 0 Å². The van der Waals surface area contributed by atoms with Crippen molar-refractivity contribution in [3.8, 4) is 0 Å². The Hall–Kier alpha value is -0.800. The highest BCUT2D eigenvalue weighted by Crippen LogP contribution is 2.43. The normalized spacial score (nSPS) is 13.9. The smallest absolute Gasteiger partial charge is 0.457 e. The van der Waals surface area contributed by atoms with Crippen LogP contribution in [0.15, 0.2) is 12.2 Å². The van der Waals surface area contributed by atoms with E-state index in [0.29, 0.717) is 6.61 Å². The Balaban J connectivity index is 4.03. The van der Waals surface area contributed by atoms with Crippen LogP contribution >= 0.6 is 7.82 Å². The fourth-order valence-corrected chi connectivity index (χ4v) is 8.14. The second kappa shape index (κ2) is 46.7. The van der Waals surface area contributed by atoms with Gasteiger partial charge >= 0.3 is 13.8 Å². The summed E-state index contributed by atoms with van der Waals surface area (Å²) in [5.41, 5.74) is 0. The first-order valence-electron chi connectivity index (χ1n) is 25.2. The maximum Gasteiger partial charge on any atom is 0.472 e. The summed E-state index contributed by atoms with van der Waals surface area (Å²) in [5.74, 6) is -0.385. The van der Waals surface area contributed by atoms with Gasteiger partial charge in [0.25, 0.3) is 0 Å². The Morgan fingerprint density at radius 1 is 0.508 bits per heavy atom. The molecular weight excluding hydrogens is 764 g/mol. The van der Waals surface area contributed by atoms with E-state index in [1.54, 1.807) is 0 Å². The molecule has 9 nitrogen and oxygen atoms in total. The minimum absolute atomic E-state index is 0.0523. The molecule has 0 aliphatic rings. The molecule has 0 aliphatic carbocycles. The van der Waals surface area contributed by atoms with E-state index in [-0.39, 0.29) is 25.6 Å². The number of carbonyl (C=O) groups excluding carboxylic acids is 1. The summed E-state index contributed by atoms with van der Waals surface area (Å²) in [6.07, 6.45) is 48.9. The number of allylic oxidation sites excluding steroid dienone is 2. The van der Waals surface area contributed by atoms with Crippen molar-refractivity contribution in [2.45, 2.75) is 264 Å². The van der Waals surface area contributed by atoms with Gasteiger partial charge in [-0.3, -0.25) is 13.8 Å². The number of rotatable bonds is 49. The lowest BCUT2D eigenvalue weighted by atomic mass is 10.0. The molecule has 3 unspecified atom stereocenters. The summed E-state index contributed by atoms with van der Waals surface area (Å²) >= 11 is 0. The van der Waals surface area contributed by atoms with Crippen molar-refractivity contribution in [2.75, 3.05) is 33.0 Å². The van der Waals surface area contributed by atoms with E-state index in [1.165, 1.54) is 180 Å². The molecule has 0 aromatic rings. The van der Waals surface area contributed by atoms with Crippen molar-refractivity contribution in [3.05, 3.63) is 12.2 Å². The van der Waals surface area contributed by atoms with Crippen LogP contribution < -0.4 is 0 Å². The standard InChI is InChI=1S/C49H97O9P/c1-3-5-7-9-11-13-15-17-19-21-22-23-24-25-26-28-30-32-34-36-38-40-42-55-45-48(46-57-59(53,54)56-44-47(51)43-50)58-49(52)41-39-37-35-33-31-29-27-20-18-16-14-12-10-8-6-4-2/h20,27,47-48,50-51H,3-19,21-26,28-46H2,1-2H3,(H,53,54)/b27-20-. The molecule has 59 heavy (non-hydrogen) atoms. The van der Waals surface area contributed by atoms with Gasteiger partial charge in [0.05, 0.1) is 26.4 Å². The van der Waals surface area contributed by atoms with Gasteiger partial charge in [-0.2, -0.15) is 0 Å². The molecule has 0 radical (unpaired) electrons. The number of unbranched alkanes of at least 4 members (excludes halogenated alkanes) is 33. The Morgan fingerprint density at radius 3 is 1.27 bits per heavy atom. The molecule has 0 saturated carbocycles. The van der Waals surface area contributed by atoms with E-state index in [1.807, 2.05) is 0 Å². The molecule has 0 saturated heterocycles. The van der Waals surface area contributed by atoms with Crippen LogP contribution in [0.4, 0.5) is 0 Å². The number of hydrogen-bond donors (Lipinski definition) is 3. The van der Waals surface area contributed by atoms with Crippen LogP contribution in [0.3, 0.4) is 0 Å². The van der Waals surface area contributed by atoms with Gasteiger partial charge in [-0.1, -0.05) is 219 Å². The van der Waals surface area contributed by atoms with Crippen LogP contribution in [-0.4, -0.2) is 66.3 Å². The van der Waals surface area contributed by atoms with Crippen molar-refractivity contribution in [3.63, 3.8) is 0 Å². The molecule has 0 spiro atoms. The number of hydrogen-bond acceptors (Lipinski definition) is 8. The van der Waals surface area contributed by atoms with Gasteiger partial charge in [-0.25, -0.2) is 4.57 Å². The third kappa shape index (κ3) is 46.5. The summed E-state index contributed by atoms with van der Waals surface area (Å²) in [5, 5.41) is 18.4. The number of phosphoric acid groups is 1. The summed E-state index contributed by atoms with van der Waals surface area (Å²) in [4.78, 5) is 22.6. The number of carbonyl (C=O) groups is 1. The van der Waals surface area contributed by atoms with Crippen molar-refractivity contribution in [1.29, 1.82) is 0 Å². The van der Waals surface area contributed by atoms with Crippen molar-refractivity contribution in [2.24, 2.45) is 0 Å². The molecule has 0 amide bonds. The van der Waals surface area contributed by atoms with E-state index in [4.69, 9.17) is 23.6 Å². The van der Waals surface area contributed by atoms with E-state index in [2.05, 4.69) is 26.0 Å². The highest BCUT2D eigenvalue weighted by molar-refractivity contribution is 7.47. The highest BCUT2D eigenvalue weighted by atomic mass is 31.2. The molecule has 0 aliphatic heterocycles. The third-order valence-corrected chi connectivity index (χ3v) is 12.2. The first-order valence-corrected chi connectivity index (χ1v) is 26.7. The van der Waals surface area contributed by atoms with Crippen LogP contribution in [-0.2, 0) is 27.9 Å². The van der Waals surface area contributed by atoms with Gasteiger partial charge in [0, 0.05) is 13.0 Å². The monoisotopic (exact) mass is 861 g/mol. The Morgan fingerprint density at radius 2 is 0.864 bits per heavy atom. The molecule has 0 aromatic carbocycles. The number of phosphoric ester groups is 1. The molecule has 0 rings (SSSR count). The Labute approximate surface area is 364 Å². The number of ether oxygens (including phenoxy) is 2. The molecule has 3 N–H and O–H groups in total. The fourth-order valence-electron chi connectivity index (χ4n) is 7.35. The zero-order valence-corrected chi connectivity index (χ0v) is 39.6. The lowest BCUT2D eigenvalue weighted by molar-refractivity contribution is -0.154. The first kappa shape index (κ1) is 58.2. The Bertz CT molecular complexity index is 933. The first-order chi connectivity index (χ1) is 28.8.